The topological polar surface area (TPSA) is 157 Å². The quantitative estimate of drug-likeness (QED) is 0.0365. The molecule has 0 spiro atoms. The fraction of sp³-hybridized carbons (Fsp3) is 0.282. The molecule has 57 heavy (non-hydrogen) atoms. The monoisotopic (exact) mass is 826 g/mol. The van der Waals surface area contributed by atoms with Crippen molar-refractivity contribution < 1.29 is 54.7 Å². The summed E-state index contributed by atoms with van der Waals surface area (Å²) < 4.78 is 98.3. The molecule has 1 saturated heterocycles. The molecule has 0 unspecified atom stereocenters. The van der Waals surface area contributed by atoms with Crippen LogP contribution < -0.4 is 0 Å². The van der Waals surface area contributed by atoms with E-state index in [1.165, 1.54) is 71.8 Å². The second kappa shape index (κ2) is 20.4. The van der Waals surface area contributed by atoms with Gasteiger partial charge in [-0.15, -0.1) is 24.9 Å². The number of allylic oxidation sites excluding steroid dienone is 2. The van der Waals surface area contributed by atoms with Crippen LogP contribution in [0.15, 0.2) is 110 Å². The Labute approximate surface area is 331 Å². The van der Waals surface area contributed by atoms with Gasteiger partial charge in [0, 0.05) is 28.0 Å². The van der Waals surface area contributed by atoms with E-state index >= 15 is 4.39 Å². The maximum atomic E-state index is 15.9. The van der Waals surface area contributed by atoms with Crippen molar-refractivity contribution in [2.45, 2.75) is 42.5 Å². The van der Waals surface area contributed by atoms with Gasteiger partial charge in [0.15, 0.2) is 11.9 Å². The van der Waals surface area contributed by atoms with Crippen LogP contribution in [-0.4, -0.2) is 64.0 Å². The number of nitrogens with zero attached hydrogens (tertiary/aromatic N) is 4. The molecule has 3 heterocycles. The molecule has 18 heteroatoms. The number of aromatic nitrogens is 3. The molecule has 0 radical (unpaired) electrons. The first kappa shape index (κ1) is 43.1. The van der Waals surface area contributed by atoms with Crippen molar-refractivity contribution in [2.75, 3.05) is 26.4 Å². The highest BCUT2D eigenvalue weighted by atomic mass is 32.2. The normalized spacial score (nSPS) is 17.6. The lowest BCUT2D eigenvalue weighted by molar-refractivity contribution is -0.146. The third-order valence-corrected chi connectivity index (χ3v) is 11.1. The van der Waals surface area contributed by atoms with Crippen molar-refractivity contribution in [3.05, 3.63) is 150 Å². The fourth-order valence-electron chi connectivity index (χ4n) is 5.51. The summed E-state index contributed by atoms with van der Waals surface area (Å²) in [6, 6.07) is 8.98. The molecule has 2 aromatic carbocycles. The lowest BCUT2D eigenvalue weighted by atomic mass is 9.89. The molecule has 0 N–H and O–H groups in total. The van der Waals surface area contributed by atoms with Crippen molar-refractivity contribution in [1.82, 2.24) is 14.8 Å². The maximum Gasteiger partial charge on any atom is 0.475 e. The zero-order valence-corrected chi connectivity index (χ0v) is 32.3. The predicted molar refractivity (Wildman–Crippen MR) is 203 cm³/mol. The minimum atomic E-state index is -4.15. The standard InChI is InChI=1S/C39H38F3N4O9PS/c1-4-14-52-56(48,53-15-5-2)54-20-30-19-49-23-33(30)38(47)55-39(24-46-26-44-25-45-46,34-13-12-31(40)17-36(34)42)27(3)57-32-21-50-37(51-22-32)9-7-6-8-29-11-10-28(18-43)16-35(29)41/h4-13,16-17,19,23,25-27,32,37H,1-2,14-15,20-22,24H2,3H3/t27-,32?,37?,39-/m1/s1. The van der Waals surface area contributed by atoms with Gasteiger partial charge in [0.2, 0.25) is 0 Å². The van der Waals surface area contributed by atoms with Crippen LogP contribution in [0, 0.1) is 28.8 Å². The molecule has 2 atom stereocenters. The summed E-state index contributed by atoms with van der Waals surface area (Å²) in [7, 11) is -4.15. The Kier molecular flexibility index (Phi) is 15.4. The maximum absolute atomic E-state index is 15.9. The summed E-state index contributed by atoms with van der Waals surface area (Å²) in [5, 5.41) is 12.0. The van der Waals surface area contributed by atoms with Gasteiger partial charge in [0.1, 0.15) is 41.9 Å². The van der Waals surface area contributed by atoms with Crippen molar-refractivity contribution in [3.8, 4) is 6.07 Å². The van der Waals surface area contributed by atoms with Crippen LogP contribution in [0.1, 0.15) is 39.5 Å². The van der Waals surface area contributed by atoms with Gasteiger partial charge in [0.25, 0.3) is 0 Å². The Bertz CT molecular complexity index is 2140. The minimum absolute atomic E-state index is 0.101. The molecule has 2 aromatic heterocycles. The molecule has 1 fully saturated rings. The number of rotatable bonds is 20. The number of thioether (sulfide) groups is 1. The average molecular weight is 827 g/mol. The van der Waals surface area contributed by atoms with Crippen LogP contribution in [0.4, 0.5) is 13.2 Å². The summed E-state index contributed by atoms with van der Waals surface area (Å²) in [6.45, 7) is 8.03. The molecule has 13 nitrogen and oxygen atoms in total. The molecule has 1 aliphatic rings. The molecule has 1 aliphatic heterocycles. The highest BCUT2D eigenvalue weighted by Crippen LogP contribution is 2.50. The van der Waals surface area contributed by atoms with E-state index in [1.807, 2.05) is 6.07 Å². The Morgan fingerprint density at radius 2 is 1.84 bits per heavy atom. The van der Waals surface area contributed by atoms with Crippen LogP contribution in [0.3, 0.4) is 0 Å². The number of phosphoric acid groups is 1. The number of nitriles is 1. The second-order valence-electron chi connectivity index (χ2n) is 12.2. The van der Waals surface area contributed by atoms with Gasteiger partial charge < -0.3 is 18.6 Å². The Morgan fingerprint density at radius 1 is 1.09 bits per heavy atom. The Balaban J connectivity index is 1.36. The Hall–Kier alpha value is -5.05. The highest BCUT2D eigenvalue weighted by Gasteiger charge is 2.47. The van der Waals surface area contributed by atoms with E-state index in [4.69, 9.17) is 37.5 Å². The third-order valence-electron chi connectivity index (χ3n) is 8.30. The smallest absolute Gasteiger partial charge is 0.471 e. The first-order chi connectivity index (χ1) is 27.5. The van der Waals surface area contributed by atoms with E-state index in [1.54, 1.807) is 25.2 Å². The SMILES string of the molecule is C=CCOP(=O)(OCC=C)OCc1cocc1C(=O)O[C@@](Cn1cncn1)(c1ccc(F)cc1F)[C@@H](C)SC1COC(C=CC=Cc2ccc(C#N)cc2F)OC1. The summed E-state index contributed by atoms with van der Waals surface area (Å²) >= 11 is 1.28. The minimum Gasteiger partial charge on any atom is -0.471 e. The summed E-state index contributed by atoms with van der Waals surface area (Å²) in [5.41, 5.74) is -1.56. The summed E-state index contributed by atoms with van der Waals surface area (Å²) in [5.74, 6) is -3.35. The van der Waals surface area contributed by atoms with Gasteiger partial charge in [-0.2, -0.15) is 10.4 Å². The molecule has 300 valence electrons. The van der Waals surface area contributed by atoms with Crippen molar-refractivity contribution in [1.29, 1.82) is 5.26 Å². The number of furan rings is 1. The van der Waals surface area contributed by atoms with E-state index in [0.717, 1.165) is 18.4 Å². The van der Waals surface area contributed by atoms with Gasteiger partial charge in [-0.1, -0.05) is 36.4 Å². The van der Waals surface area contributed by atoms with Gasteiger partial charge in [-0.25, -0.2) is 32.2 Å². The van der Waals surface area contributed by atoms with E-state index in [-0.39, 0.29) is 60.5 Å². The van der Waals surface area contributed by atoms with Gasteiger partial charge >= 0.3 is 13.8 Å². The predicted octanol–water partition coefficient (Wildman–Crippen LogP) is 8.08. The van der Waals surface area contributed by atoms with Crippen molar-refractivity contribution in [3.63, 3.8) is 0 Å². The second-order valence-corrected chi connectivity index (χ2v) is 15.5. The highest BCUT2D eigenvalue weighted by molar-refractivity contribution is 8.00. The third kappa shape index (κ3) is 11.5. The summed E-state index contributed by atoms with van der Waals surface area (Å²) in [6.07, 6.45) is 13.3. The van der Waals surface area contributed by atoms with Crippen LogP contribution in [0.25, 0.3) is 6.08 Å². The van der Waals surface area contributed by atoms with E-state index < -0.39 is 55.0 Å². The average Bonchev–Trinajstić information content (AvgIpc) is 3.91. The number of carbonyl (C=O) groups is 1. The van der Waals surface area contributed by atoms with E-state index in [9.17, 15) is 18.1 Å². The molecule has 4 aromatic rings. The summed E-state index contributed by atoms with van der Waals surface area (Å²) in [4.78, 5) is 18.1. The number of benzene rings is 2. The largest absolute Gasteiger partial charge is 0.475 e. The lowest BCUT2D eigenvalue weighted by Gasteiger charge is -2.40. The molecular formula is C39H38F3N4O9PS. The van der Waals surface area contributed by atoms with E-state index in [0.29, 0.717) is 11.6 Å². The van der Waals surface area contributed by atoms with Crippen LogP contribution >= 0.6 is 19.6 Å². The van der Waals surface area contributed by atoms with E-state index in [2.05, 4.69) is 23.2 Å². The number of ether oxygens (including phenoxy) is 3. The van der Waals surface area contributed by atoms with Crippen LogP contribution in [-0.2, 0) is 51.1 Å². The molecular weight excluding hydrogens is 788 g/mol. The number of phosphoric ester groups is 1. The fourth-order valence-corrected chi connectivity index (χ4v) is 7.97. The van der Waals surface area contributed by atoms with Gasteiger partial charge in [0.05, 0.1) is 62.7 Å². The number of esters is 1. The number of carbonyl (C=O) groups excluding carboxylic acids is 1. The molecule has 5 rings (SSSR count). The first-order valence-electron chi connectivity index (χ1n) is 17.2. The van der Waals surface area contributed by atoms with Crippen molar-refractivity contribution >= 4 is 31.6 Å². The number of hydrogen-bond acceptors (Lipinski definition) is 13. The lowest BCUT2D eigenvalue weighted by Crippen LogP contribution is -2.47. The number of hydrogen-bond donors (Lipinski definition) is 0. The molecule has 0 aliphatic carbocycles. The number of halogens is 3. The Morgan fingerprint density at radius 3 is 2.49 bits per heavy atom. The zero-order valence-electron chi connectivity index (χ0n) is 30.6. The molecule has 0 saturated carbocycles. The first-order valence-corrected chi connectivity index (χ1v) is 19.6. The van der Waals surface area contributed by atoms with Gasteiger partial charge in [-0.3, -0.25) is 13.6 Å². The molecule has 0 bridgehead atoms. The molecule has 0 amide bonds. The van der Waals surface area contributed by atoms with Crippen LogP contribution in [0.2, 0.25) is 0 Å². The zero-order chi connectivity index (χ0) is 40.8. The van der Waals surface area contributed by atoms with Crippen LogP contribution in [0.5, 0.6) is 0 Å². The van der Waals surface area contributed by atoms with Gasteiger partial charge in [-0.05, 0) is 37.3 Å². The van der Waals surface area contributed by atoms with Crippen molar-refractivity contribution in [2.24, 2.45) is 0 Å².